The van der Waals surface area contributed by atoms with E-state index in [4.69, 9.17) is 20.9 Å². The maximum atomic E-state index is 5.96. The van der Waals surface area contributed by atoms with Crippen LogP contribution in [0.15, 0.2) is 36.8 Å². The van der Waals surface area contributed by atoms with Crippen molar-refractivity contribution in [3.63, 3.8) is 0 Å². The third-order valence-electron chi connectivity index (χ3n) is 3.68. The maximum Gasteiger partial charge on any atom is 0.222 e. The first-order valence-electron chi connectivity index (χ1n) is 8.22. The molecule has 27 heavy (non-hydrogen) atoms. The lowest BCUT2D eigenvalue weighted by Crippen LogP contribution is -2.05. The summed E-state index contributed by atoms with van der Waals surface area (Å²) in [5, 5.41) is 0. The van der Waals surface area contributed by atoms with E-state index in [1.807, 2.05) is 12.1 Å². The Kier molecular flexibility index (Phi) is 5.89. The molecule has 0 atom stereocenters. The summed E-state index contributed by atoms with van der Waals surface area (Å²) >= 11 is 2.20. The van der Waals surface area contributed by atoms with Gasteiger partial charge in [-0.1, -0.05) is 13.8 Å². The minimum absolute atomic E-state index is 0.102. The van der Waals surface area contributed by atoms with Crippen molar-refractivity contribution in [2.75, 3.05) is 11.5 Å². The number of halogens is 1. The summed E-state index contributed by atoms with van der Waals surface area (Å²) in [6.07, 6.45) is 4.84. The van der Waals surface area contributed by atoms with Gasteiger partial charge < -0.3 is 20.9 Å². The van der Waals surface area contributed by atoms with Crippen LogP contribution in [-0.4, -0.2) is 19.9 Å². The molecule has 2 aromatic heterocycles. The van der Waals surface area contributed by atoms with E-state index < -0.39 is 0 Å². The molecule has 9 heteroatoms. The third kappa shape index (κ3) is 4.73. The van der Waals surface area contributed by atoms with Gasteiger partial charge in [-0.2, -0.15) is 4.98 Å². The van der Waals surface area contributed by atoms with Gasteiger partial charge in [-0.05, 0) is 46.7 Å². The van der Waals surface area contributed by atoms with Crippen molar-refractivity contribution < 1.29 is 9.47 Å². The lowest BCUT2D eigenvalue weighted by atomic mass is 10.0. The molecular weight excluding hydrogens is 459 g/mol. The first kappa shape index (κ1) is 19.1. The first-order chi connectivity index (χ1) is 12.9. The maximum absolute atomic E-state index is 5.96. The van der Waals surface area contributed by atoms with E-state index in [9.17, 15) is 0 Å². The molecule has 0 radical (unpaired) electrons. The van der Waals surface area contributed by atoms with Crippen LogP contribution >= 0.6 is 22.6 Å². The fraction of sp³-hybridized carbons (Fsp3) is 0.222. The van der Waals surface area contributed by atoms with Crippen molar-refractivity contribution in [2.45, 2.75) is 26.4 Å². The number of ether oxygens (including phenoxy) is 2. The van der Waals surface area contributed by atoms with Gasteiger partial charge >= 0.3 is 0 Å². The van der Waals surface area contributed by atoms with Crippen LogP contribution in [0.5, 0.6) is 17.2 Å². The van der Waals surface area contributed by atoms with E-state index in [0.717, 1.165) is 14.9 Å². The second-order valence-electron chi connectivity index (χ2n) is 6.01. The number of hydrogen-bond acceptors (Lipinski definition) is 8. The van der Waals surface area contributed by atoms with Gasteiger partial charge in [0.25, 0.3) is 0 Å². The van der Waals surface area contributed by atoms with Crippen LogP contribution in [0, 0.1) is 3.57 Å². The van der Waals surface area contributed by atoms with Crippen molar-refractivity contribution >= 4 is 34.4 Å². The van der Waals surface area contributed by atoms with Gasteiger partial charge in [-0.25, -0.2) is 15.0 Å². The minimum atomic E-state index is 0.102. The second kappa shape index (κ2) is 8.33. The Morgan fingerprint density at radius 3 is 2.44 bits per heavy atom. The molecule has 0 fully saturated rings. The van der Waals surface area contributed by atoms with Crippen LogP contribution < -0.4 is 20.9 Å². The minimum Gasteiger partial charge on any atom is -0.484 e. The Labute approximate surface area is 170 Å². The van der Waals surface area contributed by atoms with Gasteiger partial charge in [-0.3, -0.25) is 0 Å². The lowest BCUT2D eigenvalue weighted by molar-refractivity contribution is 0.292. The molecule has 0 amide bonds. The summed E-state index contributed by atoms with van der Waals surface area (Å²) in [7, 11) is 0. The predicted molar refractivity (Wildman–Crippen MR) is 111 cm³/mol. The monoisotopic (exact) mass is 478 g/mol. The average molecular weight is 478 g/mol. The molecule has 2 heterocycles. The molecule has 0 aliphatic heterocycles. The van der Waals surface area contributed by atoms with Gasteiger partial charge in [-0.15, -0.1) is 0 Å². The van der Waals surface area contributed by atoms with Gasteiger partial charge in [0.05, 0.1) is 9.77 Å². The van der Waals surface area contributed by atoms with Gasteiger partial charge in [0.1, 0.15) is 18.1 Å². The molecule has 3 rings (SSSR count). The van der Waals surface area contributed by atoms with Crippen molar-refractivity contribution in [3.8, 4) is 17.2 Å². The topological polar surface area (TPSA) is 122 Å². The normalized spacial score (nSPS) is 10.8. The Bertz CT molecular complexity index is 937. The Morgan fingerprint density at radius 2 is 1.78 bits per heavy atom. The molecule has 1 aromatic carbocycles. The number of anilines is 2. The molecule has 4 N–H and O–H groups in total. The van der Waals surface area contributed by atoms with E-state index in [-0.39, 0.29) is 24.3 Å². The van der Waals surface area contributed by atoms with Crippen LogP contribution in [0.4, 0.5) is 11.8 Å². The zero-order valence-electron chi connectivity index (χ0n) is 14.9. The fourth-order valence-corrected chi connectivity index (χ4v) is 2.94. The van der Waals surface area contributed by atoms with Crippen LogP contribution in [0.3, 0.4) is 0 Å². The highest BCUT2D eigenvalue weighted by Gasteiger charge is 2.16. The molecule has 0 bridgehead atoms. The van der Waals surface area contributed by atoms with E-state index in [2.05, 4.69) is 56.4 Å². The number of nitrogen functional groups attached to an aromatic ring is 2. The summed E-state index contributed by atoms with van der Waals surface area (Å²) in [4.78, 5) is 16.2. The number of rotatable bonds is 6. The zero-order chi connectivity index (χ0) is 19.4. The molecule has 3 aromatic rings. The summed E-state index contributed by atoms with van der Waals surface area (Å²) in [5.74, 6) is 2.86. The first-order valence-corrected chi connectivity index (χ1v) is 9.30. The van der Waals surface area contributed by atoms with E-state index in [1.165, 1.54) is 6.20 Å². The molecule has 0 unspecified atom stereocenters. The number of nitrogens with two attached hydrogens (primary N) is 2. The molecule has 8 nitrogen and oxygen atoms in total. The zero-order valence-corrected chi connectivity index (χ0v) is 17.0. The molecule has 0 aliphatic rings. The van der Waals surface area contributed by atoms with Crippen molar-refractivity contribution in [1.82, 2.24) is 19.9 Å². The third-order valence-corrected chi connectivity index (χ3v) is 4.53. The Hall–Kier alpha value is -2.69. The molecule has 0 spiro atoms. The van der Waals surface area contributed by atoms with Gasteiger partial charge in [0.2, 0.25) is 5.95 Å². The van der Waals surface area contributed by atoms with Crippen molar-refractivity contribution in [2.24, 2.45) is 0 Å². The fourth-order valence-electron chi connectivity index (χ4n) is 2.34. The second-order valence-corrected chi connectivity index (χ2v) is 7.17. The summed E-state index contributed by atoms with van der Waals surface area (Å²) in [5.41, 5.74) is 12.4. The SMILES string of the molecule is CC(C)c1cc(OCc2ncccn2)c(I)cc1Oc1cnc(N)nc1N. The van der Waals surface area contributed by atoms with E-state index >= 15 is 0 Å². The quantitative estimate of drug-likeness (QED) is 0.516. The van der Waals surface area contributed by atoms with E-state index in [0.29, 0.717) is 17.3 Å². The highest BCUT2D eigenvalue weighted by molar-refractivity contribution is 14.1. The van der Waals surface area contributed by atoms with Crippen LogP contribution in [0.25, 0.3) is 0 Å². The highest BCUT2D eigenvalue weighted by atomic mass is 127. The van der Waals surface area contributed by atoms with Crippen LogP contribution in [-0.2, 0) is 6.61 Å². The molecule has 0 saturated heterocycles. The van der Waals surface area contributed by atoms with Crippen molar-refractivity contribution in [3.05, 3.63) is 51.7 Å². The number of nitrogens with zero attached hydrogens (tertiary/aromatic N) is 4. The molecule has 0 saturated carbocycles. The van der Waals surface area contributed by atoms with Gasteiger partial charge in [0.15, 0.2) is 17.4 Å². The average Bonchev–Trinajstić information content (AvgIpc) is 2.64. The lowest BCUT2D eigenvalue weighted by Gasteiger charge is -2.17. The number of hydrogen-bond donors (Lipinski definition) is 2. The summed E-state index contributed by atoms with van der Waals surface area (Å²) in [6.45, 7) is 4.43. The summed E-state index contributed by atoms with van der Waals surface area (Å²) in [6, 6.07) is 5.62. The largest absolute Gasteiger partial charge is 0.484 e. The highest BCUT2D eigenvalue weighted by Crippen LogP contribution is 2.38. The Balaban J connectivity index is 1.87. The van der Waals surface area contributed by atoms with Crippen LogP contribution in [0.2, 0.25) is 0 Å². The van der Waals surface area contributed by atoms with Crippen molar-refractivity contribution in [1.29, 1.82) is 0 Å². The summed E-state index contributed by atoms with van der Waals surface area (Å²) < 4.78 is 12.8. The smallest absolute Gasteiger partial charge is 0.222 e. The molecular formula is C18H19IN6O2. The number of aromatic nitrogens is 4. The Morgan fingerprint density at radius 1 is 1.04 bits per heavy atom. The number of benzene rings is 1. The standard InChI is InChI=1S/C18H19IN6O2/c1-10(2)11-6-14(26-9-16-22-4-3-5-23-16)12(19)7-13(11)27-15-8-24-18(21)25-17(15)20/h3-8,10H,9H2,1-2H3,(H4,20,21,24,25). The predicted octanol–water partition coefficient (Wildman–Crippen LogP) is 3.53. The molecule has 0 aliphatic carbocycles. The van der Waals surface area contributed by atoms with E-state index in [1.54, 1.807) is 18.5 Å². The van der Waals surface area contributed by atoms with Crippen LogP contribution in [0.1, 0.15) is 31.2 Å². The molecule has 140 valence electrons. The van der Waals surface area contributed by atoms with Gasteiger partial charge in [0, 0.05) is 18.0 Å².